The standard InChI is InChI=1S/C17H27N2O6P/c1-14(2)25-26(23-3)24-13-7-11-18-15(20)8-5-4-6-12-19-16(21)9-10-17(19)22/h9-10H,1,4-8,11-13H2,2-3H3,(H,18,20). The van der Waals surface area contributed by atoms with Crippen LogP contribution in [0.3, 0.4) is 0 Å². The molecule has 0 aliphatic carbocycles. The van der Waals surface area contributed by atoms with E-state index >= 15 is 0 Å². The van der Waals surface area contributed by atoms with Gasteiger partial charge in [0, 0.05) is 38.8 Å². The van der Waals surface area contributed by atoms with Crippen LogP contribution in [0, 0.1) is 0 Å². The van der Waals surface area contributed by atoms with E-state index in [1.54, 1.807) is 6.92 Å². The number of rotatable bonds is 14. The molecule has 1 unspecified atom stereocenters. The lowest BCUT2D eigenvalue weighted by Crippen LogP contribution is -2.30. The molecule has 3 amide bonds. The molecular formula is C17H27N2O6P. The number of allylic oxidation sites excluding steroid dienone is 1. The fraction of sp³-hybridized carbons (Fsp3) is 0.588. The second-order valence-electron chi connectivity index (χ2n) is 5.71. The first-order chi connectivity index (χ1) is 12.4. The lowest BCUT2D eigenvalue weighted by atomic mass is 10.2. The minimum atomic E-state index is -1.42. The average Bonchev–Trinajstić information content (AvgIpc) is 2.91. The topological polar surface area (TPSA) is 94.2 Å². The highest BCUT2D eigenvalue weighted by Crippen LogP contribution is 2.40. The van der Waals surface area contributed by atoms with Crippen molar-refractivity contribution in [2.45, 2.75) is 39.0 Å². The minimum Gasteiger partial charge on any atom is -0.432 e. The van der Waals surface area contributed by atoms with Crippen LogP contribution in [0.15, 0.2) is 24.5 Å². The summed E-state index contributed by atoms with van der Waals surface area (Å²) in [5.74, 6) is -0.0188. The van der Waals surface area contributed by atoms with Gasteiger partial charge in [-0.1, -0.05) is 13.0 Å². The molecule has 1 aliphatic heterocycles. The van der Waals surface area contributed by atoms with Gasteiger partial charge in [0.2, 0.25) is 5.91 Å². The summed E-state index contributed by atoms with van der Waals surface area (Å²) in [7, 11) is 0.0798. The van der Waals surface area contributed by atoms with E-state index in [4.69, 9.17) is 13.6 Å². The molecule has 9 heteroatoms. The third-order valence-electron chi connectivity index (χ3n) is 3.41. The van der Waals surface area contributed by atoms with Gasteiger partial charge < -0.3 is 18.9 Å². The second-order valence-corrected chi connectivity index (χ2v) is 6.96. The molecule has 0 saturated heterocycles. The highest BCUT2D eigenvalue weighted by molar-refractivity contribution is 7.41. The maximum absolute atomic E-state index is 11.7. The largest absolute Gasteiger partial charge is 0.432 e. The molecule has 1 aliphatic rings. The fourth-order valence-electron chi connectivity index (χ4n) is 2.15. The molecule has 0 aromatic heterocycles. The summed E-state index contributed by atoms with van der Waals surface area (Å²) in [6.45, 7) is 6.67. The van der Waals surface area contributed by atoms with Crippen molar-refractivity contribution in [3.63, 3.8) is 0 Å². The summed E-state index contributed by atoms with van der Waals surface area (Å²) in [5.41, 5.74) is 0. The van der Waals surface area contributed by atoms with Crippen LogP contribution in [0.1, 0.15) is 39.0 Å². The average molecular weight is 386 g/mol. The van der Waals surface area contributed by atoms with Crippen molar-refractivity contribution in [3.8, 4) is 0 Å². The number of nitrogens with zero attached hydrogens (tertiary/aromatic N) is 1. The molecule has 0 bridgehead atoms. The SMILES string of the molecule is C=C(C)OP(OC)OCCCNC(=O)CCCCCN1C(=O)C=CC1=O. The van der Waals surface area contributed by atoms with E-state index in [0.717, 1.165) is 6.42 Å². The first-order valence-corrected chi connectivity index (χ1v) is 9.64. The van der Waals surface area contributed by atoms with Gasteiger partial charge in [-0.3, -0.25) is 19.3 Å². The molecular weight excluding hydrogens is 359 g/mol. The predicted octanol–water partition coefficient (Wildman–Crippen LogP) is 2.42. The van der Waals surface area contributed by atoms with Gasteiger partial charge in [0.1, 0.15) is 0 Å². The molecule has 0 spiro atoms. The second kappa shape index (κ2) is 12.6. The van der Waals surface area contributed by atoms with Crippen LogP contribution in [-0.2, 0) is 28.0 Å². The zero-order valence-electron chi connectivity index (χ0n) is 15.4. The molecule has 26 heavy (non-hydrogen) atoms. The number of carbonyl (C=O) groups is 3. The zero-order valence-corrected chi connectivity index (χ0v) is 16.3. The number of hydrogen-bond acceptors (Lipinski definition) is 6. The van der Waals surface area contributed by atoms with E-state index < -0.39 is 8.60 Å². The Balaban J connectivity index is 1.98. The van der Waals surface area contributed by atoms with Gasteiger partial charge in [-0.25, -0.2) is 0 Å². The summed E-state index contributed by atoms with van der Waals surface area (Å²) in [6.07, 6.45) is 5.82. The third kappa shape index (κ3) is 9.08. The smallest absolute Gasteiger partial charge is 0.396 e. The molecule has 1 N–H and O–H groups in total. The molecule has 0 radical (unpaired) electrons. The maximum Gasteiger partial charge on any atom is 0.396 e. The third-order valence-corrected chi connectivity index (χ3v) is 4.56. The van der Waals surface area contributed by atoms with Crippen molar-refractivity contribution in [2.75, 3.05) is 26.8 Å². The van der Waals surface area contributed by atoms with Gasteiger partial charge >= 0.3 is 8.60 Å². The molecule has 0 fully saturated rings. The van der Waals surface area contributed by atoms with E-state index in [0.29, 0.717) is 51.1 Å². The van der Waals surface area contributed by atoms with Crippen molar-refractivity contribution < 1.29 is 28.0 Å². The van der Waals surface area contributed by atoms with E-state index in [9.17, 15) is 14.4 Å². The molecule has 1 rings (SSSR count). The quantitative estimate of drug-likeness (QED) is 0.213. The van der Waals surface area contributed by atoms with Crippen LogP contribution in [-0.4, -0.2) is 49.4 Å². The van der Waals surface area contributed by atoms with Gasteiger partial charge in [0.05, 0.1) is 12.4 Å². The van der Waals surface area contributed by atoms with Crippen LogP contribution >= 0.6 is 8.60 Å². The molecule has 0 aromatic carbocycles. The Labute approximate surface area is 155 Å². The van der Waals surface area contributed by atoms with Crippen LogP contribution in [0.4, 0.5) is 0 Å². The summed E-state index contributed by atoms with van der Waals surface area (Å²) < 4.78 is 15.7. The monoisotopic (exact) mass is 386 g/mol. The highest BCUT2D eigenvalue weighted by atomic mass is 31.2. The molecule has 1 atom stereocenters. The lowest BCUT2D eigenvalue weighted by molar-refractivity contribution is -0.137. The summed E-state index contributed by atoms with van der Waals surface area (Å²) in [4.78, 5) is 35.7. The Hall–Kier alpha value is -1.76. The molecule has 146 valence electrons. The number of amides is 3. The van der Waals surface area contributed by atoms with Crippen LogP contribution in [0.2, 0.25) is 0 Å². The first kappa shape index (κ1) is 22.3. The van der Waals surface area contributed by atoms with Crippen LogP contribution in [0.5, 0.6) is 0 Å². The van der Waals surface area contributed by atoms with Gasteiger partial charge in [-0.2, -0.15) is 0 Å². The Morgan fingerprint density at radius 3 is 2.50 bits per heavy atom. The number of carbonyl (C=O) groups excluding carboxylic acids is 3. The van der Waals surface area contributed by atoms with E-state index in [-0.39, 0.29) is 17.7 Å². The Morgan fingerprint density at radius 2 is 1.88 bits per heavy atom. The minimum absolute atomic E-state index is 0.0211. The molecule has 0 aromatic rings. The van der Waals surface area contributed by atoms with E-state index in [1.165, 1.54) is 24.2 Å². The number of imide groups is 1. The van der Waals surface area contributed by atoms with Crippen molar-refractivity contribution in [3.05, 3.63) is 24.5 Å². The fourth-order valence-corrected chi connectivity index (χ4v) is 2.92. The van der Waals surface area contributed by atoms with Crippen molar-refractivity contribution >= 4 is 26.3 Å². The van der Waals surface area contributed by atoms with E-state index in [1.807, 2.05) is 0 Å². The van der Waals surface area contributed by atoms with Gasteiger partial charge in [-0.05, 0) is 26.2 Å². The lowest BCUT2D eigenvalue weighted by Gasteiger charge is -2.14. The van der Waals surface area contributed by atoms with Gasteiger partial charge in [0.25, 0.3) is 11.8 Å². The van der Waals surface area contributed by atoms with Crippen molar-refractivity contribution in [1.29, 1.82) is 0 Å². The Bertz CT molecular complexity index is 519. The van der Waals surface area contributed by atoms with Crippen molar-refractivity contribution in [2.24, 2.45) is 0 Å². The molecule has 8 nitrogen and oxygen atoms in total. The molecule has 0 saturated carbocycles. The number of nitrogens with one attached hydrogen (secondary N) is 1. The van der Waals surface area contributed by atoms with Crippen molar-refractivity contribution in [1.82, 2.24) is 10.2 Å². The number of unbranched alkanes of at least 4 members (excludes halogenated alkanes) is 2. The van der Waals surface area contributed by atoms with Crippen LogP contribution < -0.4 is 5.32 Å². The van der Waals surface area contributed by atoms with Gasteiger partial charge in [-0.15, -0.1) is 0 Å². The van der Waals surface area contributed by atoms with Crippen LogP contribution in [0.25, 0.3) is 0 Å². The number of hydrogen-bond donors (Lipinski definition) is 1. The van der Waals surface area contributed by atoms with Gasteiger partial charge in [0.15, 0.2) is 0 Å². The molecule has 1 heterocycles. The maximum atomic E-state index is 11.7. The summed E-state index contributed by atoms with van der Waals surface area (Å²) >= 11 is 0. The zero-order chi connectivity index (χ0) is 19.4. The Kier molecular flexibility index (Phi) is 10.8. The Morgan fingerprint density at radius 1 is 1.19 bits per heavy atom. The van der Waals surface area contributed by atoms with E-state index in [2.05, 4.69) is 11.9 Å². The predicted molar refractivity (Wildman–Crippen MR) is 97.7 cm³/mol. The first-order valence-electron chi connectivity index (χ1n) is 8.55. The normalized spacial score (nSPS) is 14.6. The summed E-state index contributed by atoms with van der Waals surface area (Å²) in [6, 6.07) is 0. The summed E-state index contributed by atoms with van der Waals surface area (Å²) in [5, 5.41) is 2.82. The highest BCUT2D eigenvalue weighted by Gasteiger charge is 2.22.